The molecule has 3 rings (SSSR count). The first-order valence-corrected chi connectivity index (χ1v) is 29.3. The van der Waals surface area contributed by atoms with Crippen molar-refractivity contribution < 1.29 is 39.4 Å². The molecule has 72 heavy (non-hydrogen) atoms. The highest BCUT2D eigenvalue weighted by molar-refractivity contribution is 9.09. The summed E-state index contributed by atoms with van der Waals surface area (Å²) in [6.07, 6.45) is 16.4. The largest absolute Gasteiger partial charge is 0.396 e. The predicted octanol–water partition coefficient (Wildman–Crippen LogP) is 13.8. The summed E-state index contributed by atoms with van der Waals surface area (Å²) in [5.41, 5.74) is 2.64. The highest BCUT2D eigenvalue weighted by Gasteiger charge is 2.40. The molecule has 0 aliphatic heterocycles. The molecule has 0 saturated carbocycles. The number of hydrogen-bond acceptors (Lipinski definition) is 10. The number of halogens is 3. The Labute approximate surface area is 457 Å². The lowest BCUT2D eigenvalue weighted by molar-refractivity contribution is -0.574. The maximum atomic E-state index is 11.4. The van der Waals surface area contributed by atoms with Gasteiger partial charge in [-0.15, -0.1) is 0 Å². The third-order valence-corrected chi connectivity index (χ3v) is 14.9. The zero-order valence-corrected chi connectivity index (χ0v) is 47.6. The molecule has 0 amide bonds. The highest BCUT2D eigenvalue weighted by atomic mass is 79.9. The van der Waals surface area contributed by atoms with Crippen LogP contribution in [-0.2, 0) is 34.0 Å². The van der Waals surface area contributed by atoms with Crippen LogP contribution >= 0.6 is 47.8 Å². The standard InChI is InChI=1S/C33H43NO5.C13H22Br3N.C10H21NO5/c35-34(36)23-22-33(19-10-24-37-27-30-13-4-1-5-14-30,20-11-25-38-28-31-15-6-2-7-16-31)21-12-26-39-29-32-17-8-3-9-18-32;1-17-12-8-13(5-2-9-14,6-3-10-15)7-4-11-16;12-7-1-4-10(11(15)16,5-2-8-13)6-3-9-14/h1-9,13-18H,10-12,19-29H2;2-12H2;12-14H,1-9H2. The van der Waals surface area contributed by atoms with Crippen molar-refractivity contribution in [3.8, 4) is 0 Å². The van der Waals surface area contributed by atoms with Gasteiger partial charge in [-0.3, -0.25) is 20.2 Å². The second-order valence-corrected chi connectivity index (χ2v) is 21.1. The fourth-order valence-corrected chi connectivity index (χ4v) is 10.1. The smallest absolute Gasteiger partial charge is 0.222 e. The molecule has 0 saturated heterocycles. The molecule has 3 N–H and O–H groups in total. The predicted molar refractivity (Wildman–Crippen MR) is 301 cm³/mol. The van der Waals surface area contributed by atoms with Gasteiger partial charge in [0.05, 0.1) is 19.8 Å². The maximum Gasteiger partial charge on any atom is 0.222 e. The van der Waals surface area contributed by atoms with E-state index in [9.17, 15) is 20.2 Å². The van der Waals surface area contributed by atoms with E-state index in [2.05, 4.69) is 89.0 Å². The van der Waals surface area contributed by atoms with Crippen LogP contribution in [0.5, 0.6) is 0 Å². The Kier molecular flexibility index (Phi) is 41.5. The first-order chi connectivity index (χ1) is 35.0. The van der Waals surface area contributed by atoms with Gasteiger partial charge >= 0.3 is 0 Å². The van der Waals surface area contributed by atoms with Crippen molar-refractivity contribution in [3.05, 3.63) is 139 Å². The van der Waals surface area contributed by atoms with E-state index in [1.165, 1.54) is 38.5 Å². The van der Waals surface area contributed by atoms with Crippen molar-refractivity contribution in [1.29, 1.82) is 0 Å². The van der Waals surface area contributed by atoms with Crippen molar-refractivity contribution in [2.45, 2.75) is 154 Å². The summed E-state index contributed by atoms with van der Waals surface area (Å²) in [7, 11) is 0. The Morgan fingerprint density at radius 3 is 1.07 bits per heavy atom. The maximum absolute atomic E-state index is 11.4. The SMILES string of the molecule is O=[N+]([O-])C(CCCO)(CCCO)CCCO.O=[N+]([O-])CCC(CCCOCc1ccccc1)(CCCOCc1ccccc1)CCCOCc1ccccc1.[C-]#[N+]CCC(CCCBr)(CCCBr)CCCBr. The summed E-state index contributed by atoms with van der Waals surface area (Å²) < 4.78 is 17.8. The molecule has 0 spiro atoms. The molecule has 3 aromatic carbocycles. The van der Waals surface area contributed by atoms with Crippen LogP contribution in [0.4, 0.5) is 0 Å². The molecule has 0 heterocycles. The molecular weight excluding hydrogens is 1110 g/mol. The summed E-state index contributed by atoms with van der Waals surface area (Å²) in [5, 5.41) is 51.9. The van der Waals surface area contributed by atoms with Gasteiger partial charge in [-0.05, 0) is 124 Å². The number of benzene rings is 3. The topological polar surface area (TPSA) is 179 Å². The molecule has 0 bridgehead atoms. The number of aliphatic hydroxyl groups is 3. The van der Waals surface area contributed by atoms with Gasteiger partial charge in [-0.25, -0.2) is 6.57 Å². The van der Waals surface area contributed by atoms with Crippen molar-refractivity contribution in [3.63, 3.8) is 0 Å². The second-order valence-electron chi connectivity index (χ2n) is 18.7. The van der Waals surface area contributed by atoms with E-state index >= 15 is 0 Å². The van der Waals surface area contributed by atoms with Crippen molar-refractivity contribution in [2.75, 3.05) is 68.7 Å². The first kappa shape index (κ1) is 67.2. The lowest BCUT2D eigenvalue weighted by Gasteiger charge is -2.33. The summed E-state index contributed by atoms with van der Waals surface area (Å²) in [6, 6.07) is 30.5. The van der Waals surface area contributed by atoms with Crippen molar-refractivity contribution in [2.24, 2.45) is 10.8 Å². The molecule has 0 unspecified atom stereocenters. The minimum atomic E-state index is -1.10. The minimum Gasteiger partial charge on any atom is -0.396 e. The van der Waals surface area contributed by atoms with Gasteiger partial charge in [-0.2, -0.15) is 0 Å². The van der Waals surface area contributed by atoms with Gasteiger partial charge in [0.15, 0.2) is 0 Å². The van der Waals surface area contributed by atoms with Crippen LogP contribution in [0, 0.1) is 37.6 Å². The Hall–Kier alpha value is -2.85. The third kappa shape index (κ3) is 32.5. The quantitative estimate of drug-likeness (QED) is 0.0162. The molecule has 0 aliphatic rings. The van der Waals surface area contributed by atoms with Crippen LogP contribution in [-0.4, -0.2) is 99.4 Å². The number of rotatable bonds is 42. The summed E-state index contributed by atoms with van der Waals surface area (Å²) in [6.45, 7) is 11.1. The fourth-order valence-electron chi connectivity index (χ4n) is 9.26. The Bertz CT molecular complexity index is 1620. The van der Waals surface area contributed by atoms with E-state index in [0.717, 1.165) is 77.6 Å². The van der Waals surface area contributed by atoms with E-state index in [0.29, 0.717) is 77.3 Å². The monoisotopic (exact) mass is 1200 g/mol. The summed E-state index contributed by atoms with van der Waals surface area (Å²) in [5.74, 6) is 0. The molecule has 0 aliphatic carbocycles. The van der Waals surface area contributed by atoms with Gasteiger partial charge in [0.2, 0.25) is 18.6 Å². The van der Waals surface area contributed by atoms with Crippen LogP contribution in [0.1, 0.15) is 145 Å². The van der Waals surface area contributed by atoms with Crippen molar-refractivity contribution in [1.82, 2.24) is 0 Å². The van der Waals surface area contributed by atoms with Crippen LogP contribution in [0.25, 0.3) is 4.85 Å². The minimum absolute atomic E-state index is 0.0133. The van der Waals surface area contributed by atoms with E-state index in [1.807, 2.05) is 54.6 Å². The fraction of sp³-hybridized carbons (Fsp3) is 0.661. The number of alkyl halides is 3. The number of nitrogens with zero attached hydrogens (tertiary/aromatic N) is 3. The Morgan fingerprint density at radius 2 is 0.792 bits per heavy atom. The lowest BCUT2D eigenvalue weighted by Crippen LogP contribution is -2.39. The second kappa shape index (κ2) is 44.4. The molecule has 3 aromatic rings. The Balaban J connectivity index is 0.000000648. The molecule has 0 fully saturated rings. The normalized spacial score (nSPS) is 11.5. The van der Waals surface area contributed by atoms with E-state index in [-0.39, 0.29) is 60.9 Å². The molecule has 0 radical (unpaired) electrons. The average Bonchev–Trinajstić information content (AvgIpc) is 3.40. The van der Waals surface area contributed by atoms with Gasteiger partial charge in [0.1, 0.15) is 0 Å². The number of nitro groups is 2. The van der Waals surface area contributed by atoms with Gasteiger partial charge in [0, 0.05) is 97.6 Å². The average molecular weight is 1200 g/mol. The highest BCUT2D eigenvalue weighted by Crippen LogP contribution is 2.40. The number of hydrogen-bond donors (Lipinski definition) is 3. The first-order valence-electron chi connectivity index (χ1n) is 26.0. The van der Waals surface area contributed by atoms with Crippen LogP contribution in [0.15, 0.2) is 91.0 Å². The van der Waals surface area contributed by atoms with Gasteiger partial charge in [0.25, 0.3) is 0 Å². The van der Waals surface area contributed by atoms with E-state index in [4.69, 9.17) is 36.1 Å². The van der Waals surface area contributed by atoms with Crippen molar-refractivity contribution >= 4 is 47.8 Å². The molecule has 13 nitrogen and oxygen atoms in total. The summed E-state index contributed by atoms with van der Waals surface area (Å²) >= 11 is 10.6. The molecule has 0 atom stereocenters. The lowest BCUT2D eigenvalue weighted by atomic mass is 9.73. The molecule has 16 heteroatoms. The van der Waals surface area contributed by atoms with Crippen LogP contribution in [0.3, 0.4) is 0 Å². The zero-order chi connectivity index (χ0) is 52.9. The van der Waals surface area contributed by atoms with Crippen LogP contribution in [0.2, 0.25) is 0 Å². The number of ether oxygens (including phenoxy) is 3. The third-order valence-electron chi connectivity index (χ3n) is 13.2. The molecule has 406 valence electrons. The van der Waals surface area contributed by atoms with Gasteiger partial charge < -0.3 is 34.4 Å². The zero-order valence-electron chi connectivity index (χ0n) is 42.9. The molecule has 0 aromatic heterocycles. The van der Waals surface area contributed by atoms with Crippen LogP contribution < -0.4 is 0 Å². The van der Waals surface area contributed by atoms with E-state index < -0.39 is 5.54 Å². The van der Waals surface area contributed by atoms with Gasteiger partial charge in [-0.1, -0.05) is 139 Å². The van der Waals surface area contributed by atoms with E-state index in [1.54, 1.807) is 0 Å². The summed E-state index contributed by atoms with van der Waals surface area (Å²) in [4.78, 5) is 25.5. The Morgan fingerprint density at radius 1 is 0.472 bits per heavy atom. The molecular formula is C56H86Br3N3O10. The number of aliphatic hydroxyl groups excluding tert-OH is 3.